The molecule has 0 aliphatic carbocycles. The third kappa shape index (κ3) is 3.82. The lowest BCUT2D eigenvalue weighted by atomic mass is 9.84. The number of aromatic amines is 1. The second kappa shape index (κ2) is 8.37. The number of ketones is 1. The molecular formula is C29H27N3O4. The number of benzene rings is 3. The molecule has 1 atom stereocenters. The van der Waals surface area contributed by atoms with Gasteiger partial charge in [-0.15, -0.1) is 0 Å². The molecule has 7 nitrogen and oxygen atoms in total. The Kier molecular flexibility index (Phi) is 5.43. The molecule has 36 heavy (non-hydrogen) atoms. The van der Waals surface area contributed by atoms with E-state index in [1.165, 1.54) is 17.0 Å². The summed E-state index contributed by atoms with van der Waals surface area (Å²) >= 11 is 0. The highest BCUT2D eigenvalue weighted by atomic mass is 16.3. The molecule has 1 fully saturated rings. The number of phenolic OH excluding ortho intramolecular Hbond substituents is 1. The Morgan fingerprint density at radius 1 is 1.00 bits per heavy atom. The van der Waals surface area contributed by atoms with E-state index < -0.39 is 17.7 Å². The van der Waals surface area contributed by atoms with Crippen molar-refractivity contribution >= 4 is 34.4 Å². The maximum Gasteiger partial charge on any atom is 0.302 e. The van der Waals surface area contributed by atoms with Gasteiger partial charge in [0.05, 0.1) is 22.6 Å². The maximum absolute atomic E-state index is 13.5. The van der Waals surface area contributed by atoms with Gasteiger partial charge in [0.2, 0.25) is 5.95 Å². The molecule has 1 aliphatic rings. The van der Waals surface area contributed by atoms with Crippen molar-refractivity contribution in [3.8, 4) is 5.75 Å². The fourth-order valence-electron chi connectivity index (χ4n) is 4.57. The smallest absolute Gasteiger partial charge is 0.302 e. The van der Waals surface area contributed by atoms with Crippen LogP contribution in [0.25, 0.3) is 16.8 Å². The Morgan fingerprint density at radius 3 is 2.36 bits per heavy atom. The zero-order valence-electron chi connectivity index (χ0n) is 20.5. The number of nitrogens with one attached hydrogen (secondary N) is 1. The summed E-state index contributed by atoms with van der Waals surface area (Å²) in [5.41, 5.74) is 3.97. The van der Waals surface area contributed by atoms with Crippen molar-refractivity contribution in [1.29, 1.82) is 0 Å². The number of H-pyrrole nitrogens is 1. The molecule has 3 N–H and O–H groups in total. The topological polar surface area (TPSA) is 107 Å². The number of fused-ring (bicyclic) bond motifs is 1. The van der Waals surface area contributed by atoms with Crippen molar-refractivity contribution in [2.75, 3.05) is 4.90 Å². The molecule has 182 valence electrons. The van der Waals surface area contributed by atoms with Crippen LogP contribution in [0.5, 0.6) is 5.75 Å². The molecule has 7 heteroatoms. The lowest BCUT2D eigenvalue weighted by Crippen LogP contribution is -2.30. The number of aryl methyl sites for hydroxylation is 1. The standard InChI is InChI=1S/C29H27N3O4/c1-16-9-12-18(29(2,3)4)15-20(16)25(34)23-24(17-10-13-19(33)14-11-17)32(27(36)26(23)35)28-30-21-7-5-6-8-22(21)31-28/h5-15,24,33-34H,1-4H3,(H,30,31)/b25-23+. The van der Waals surface area contributed by atoms with E-state index >= 15 is 0 Å². The van der Waals surface area contributed by atoms with Crippen LogP contribution in [0.2, 0.25) is 0 Å². The van der Waals surface area contributed by atoms with Crippen molar-refractivity contribution < 1.29 is 19.8 Å². The average molecular weight is 482 g/mol. The third-order valence-corrected chi connectivity index (χ3v) is 6.62. The minimum Gasteiger partial charge on any atom is -0.508 e. The molecule has 3 aromatic carbocycles. The van der Waals surface area contributed by atoms with E-state index in [9.17, 15) is 19.8 Å². The predicted molar refractivity (Wildman–Crippen MR) is 139 cm³/mol. The van der Waals surface area contributed by atoms with Gasteiger partial charge in [-0.05, 0) is 59.4 Å². The molecule has 1 amide bonds. The SMILES string of the molecule is Cc1ccc(C(C)(C)C)cc1/C(O)=C1\C(=O)C(=O)N(c2nc3ccccc3[nH]2)C1c1ccc(O)cc1. The number of anilines is 1. The highest BCUT2D eigenvalue weighted by Gasteiger charge is 2.48. The van der Waals surface area contributed by atoms with Crippen LogP contribution in [0.15, 0.2) is 72.3 Å². The number of aliphatic hydroxyl groups excluding tert-OH is 1. The fraction of sp³-hybridized carbons (Fsp3) is 0.207. The van der Waals surface area contributed by atoms with Crippen molar-refractivity contribution in [2.24, 2.45) is 0 Å². The number of aliphatic hydroxyl groups is 1. The fourth-order valence-corrected chi connectivity index (χ4v) is 4.57. The lowest BCUT2D eigenvalue weighted by molar-refractivity contribution is -0.132. The second-order valence-corrected chi connectivity index (χ2v) is 10.1. The number of hydrogen-bond donors (Lipinski definition) is 3. The molecule has 1 aliphatic heterocycles. The van der Waals surface area contributed by atoms with Gasteiger partial charge in [0, 0.05) is 5.56 Å². The molecule has 4 aromatic rings. The summed E-state index contributed by atoms with van der Waals surface area (Å²) in [5, 5.41) is 21.4. The van der Waals surface area contributed by atoms with Gasteiger partial charge in [-0.1, -0.05) is 57.2 Å². The maximum atomic E-state index is 13.5. The number of carbonyl (C=O) groups is 2. The molecule has 5 rings (SSSR count). The van der Waals surface area contributed by atoms with Crippen LogP contribution in [0.3, 0.4) is 0 Å². The summed E-state index contributed by atoms with van der Waals surface area (Å²) in [7, 11) is 0. The highest BCUT2D eigenvalue weighted by molar-refractivity contribution is 6.51. The van der Waals surface area contributed by atoms with Crippen LogP contribution < -0.4 is 4.90 Å². The number of phenols is 1. The molecule has 0 saturated carbocycles. The van der Waals surface area contributed by atoms with E-state index in [2.05, 4.69) is 30.7 Å². The summed E-state index contributed by atoms with van der Waals surface area (Å²) in [4.78, 5) is 35.8. The number of imidazole rings is 1. The van der Waals surface area contributed by atoms with Crippen LogP contribution in [-0.2, 0) is 15.0 Å². The summed E-state index contributed by atoms with van der Waals surface area (Å²) in [6.45, 7) is 8.06. The quantitative estimate of drug-likeness (QED) is 0.203. The molecule has 0 radical (unpaired) electrons. The zero-order valence-corrected chi connectivity index (χ0v) is 20.5. The van der Waals surface area contributed by atoms with Gasteiger partial charge in [-0.3, -0.25) is 14.5 Å². The summed E-state index contributed by atoms with van der Waals surface area (Å²) in [5.74, 6) is -1.58. The zero-order chi connectivity index (χ0) is 25.8. The summed E-state index contributed by atoms with van der Waals surface area (Å²) in [6.07, 6.45) is 0. The minimum absolute atomic E-state index is 0.0275. The first-order valence-electron chi connectivity index (χ1n) is 11.7. The van der Waals surface area contributed by atoms with Crippen LogP contribution in [0, 0.1) is 6.92 Å². The first-order valence-corrected chi connectivity index (χ1v) is 11.7. The first kappa shape index (κ1) is 23.4. The number of Topliss-reactive ketones (excluding diaryl/α,β-unsaturated/α-hetero) is 1. The number of amides is 1. The van der Waals surface area contributed by atoms with Gasteiger partial charge >= 0.3 is 5.91 Å². The first-order chi connectivity index (χ1) is 17.1. The molecule has 1 aromatic heterocycles. The van der Waals surface area contributed by atoms with Crippen LogP contribution >= 0.6 is 0 Å². The van der Waals surface area contributed by atoms with Crippen molar-refractivity contribution in [2.45, 2.75) is 39.2 Å². The van der Waals surface area contributed by atoms with Crippen LogP contribution in [0.1, 0.15) is 49.1 Å². The second-order valence-electron chi connectivity index (χ2n) is 10.1. The number of rotatable bonds is 3. The van der Waals surface area contributed by atoms with E-state index in [1.807, 2.05) is 49.4 Å². The van der Waals surface area contributed by atoms with Gasteiger partial charge in [0.15, 0.2) is 0 Å². The molecule has 1 unspecified atom stereocenters. The van der Waals surface area contributed by atoms with E-state index in [4.69, 9.17) is 0 Å². The number of aromatic hydroxyl groups is 1. The van der Waals surface area contributed by atoms with E-state index in [1.54, 1.807) is 12.1 Å². The van der Waals surface area contributed by atoms with Gasteiger partial charge in [0.1, 0.15) is 11.5 Å². The Hall–Kier alpha value is -4.39. The Labute approximate surface area is 208 Å². The van der Waals surface area contributed by atoms with Crippen molar-refractivity contribution in [3.63, 3.8) is 0 Å². The highest BCUT2D eigenvalue weighted by Crippen LogP contribution is 2.42. The van der Waals surface area contributed by atoms with Gasteiger partial charge in [-0.25, -0.2) is 4.98 Å². The number of aromatic nitrogens is 2. The molecule has 0 bridgehead atoms. The predicted octanol–water partition coefficient (Wildman–Crippen LogP) is 5.50. The molecule has 0 spiro atoms. The van der Waals surface area contributed by atoms with E-state index in [0.29, 0.717) is 22.2 Å². The van der Waals surface area contributed by atoms with Crippen molar-refractivity contribution in [1.82, 2.24) is 9.97 Å². The molecule has 1 saturated heterocycles. The number of carbonyl (C=O) groups excluding carboxylic acids is 2. The Bertz CT molecular complexity index is 1510. The summed E-state index contributed by atoms with van der Waals surface area (Å²) < 4.78 is 0. The van der Waals surface area contributed by atoms with Crippen molar-refractivity contribution in [3.05, 3.63) is 94.6 Å². The minimum atomic E-state index is -0.941. The van der Waals surface area contributed by atoms with Gasteiger partial charge in [0.25, 0.3) is 5.78 Å². The average Bonchev–Trinajstić information content (AvgIpc) is 3.37. The number of nitrogens with zero attached hydrogens (tertiary/aromatic N) is 2. The van der Waals surface area contributed by atoms with E-state index in [0.717, 1.165) is 11.1 Å². The Balaban J connectivity index is 1.75. The third-order valence-electron chi connectivity index (χ3n) is 6.62. The molecule has 2 heterocycles. The normalized spacial score (nSPS) is 17.8. The molecular weight excluding hydrogens is 454 g/mol. The summed E-state index contributed by atoms with van der Waals surface area (Å²) in [6, 6.07) is 18.4. The Morgan fingerprint density at radius 2 is 1.69 bits per heavy atom. The largest absolute Gasteiger partial charge is 0.508 e. The number of para-hydroxylation sites is 2. The van der Waals surface area contributed by atoms with Gasteiger partial charge in [-0.2, -0.15) is 0 Å². The lowest BCUT2D eigenvalue weighted by Gasteiger charge is -2.24. The number of hydrogen-bond acceptors (Lipinski definition) is 5. The van der Waals surface area contributed by atoms with E-state index in [-0.39, 0.29) is 28.4 Å². The van der Waals surface area contributed by atoms with Crippen LogP contribution in [0.4, 0.5) is 5.95 Å². The van der Waals surface area contributed by atoms with Crippen LogP contribution in [-0.4, -0.2) is 31.9 Å². The van der Waals surface area contributed by atoms with Gasteiger partial charge < -0.3 is 15.2 Å². The monoisotopic (exact) mass is 481 g/mol.